The zero-order valence-electron chi connectivity index (χ0n) is 24.5. The van der Waals surface area contributed by atoms with Gasteiger partial charge in [0, 0.05) is 80.3 Å². The number of halogens is 2. The number of nitrogens with one attached hydrogen (secondary N) is 2. The Hall–Kier alpha value is -4.86. The molecule has 234 valence electrons. The molecule has 1 saturated heterocycles. The van der Waals surface area contributed by atoms with Crippen molar-refractivity contribution in [1.29, 1.82) is 0 Å². The fourth-order valence-electron chi connectivity index (χ4n) is 4.83. The number of hydrogen-bond donors (Lipinski definition) is 3. The molecule has 4 aromatic heterocycles. The highest BCUT2D eigenvalue weighted by atomic mass is 79.9. The van der Waals surface area contributed by atoms with Crippen LogP contribution in [0.15, 0.2) is 94.9 Å². The van der Waals surface area contributed by atoms with Crippen molar-refractivity contribution in [3.63, 3.8) is 0 Å². The SMILES string of the molecule is CN1CCN(C(=O)c2ccc(Nc3nc(Br)cn4ccnc34)cc2)CC1.O=C(O)c1ccc(Nc2nc(Br)cn3ccnc23)cc1. The number of anilines is 4. The van der Waals surface area contributed by atoms with Crippen molar-refractivity contribution in [2.24, 2.45) is 0 Å². The standard InChI is InChI=1S/C18H19BrN6O.C13H9BrN4O2/c1-23-8-10-24(11-9-23)18(26)13-2-4-14(5-3-13)21-16-17-20-6-7-25(17)12-15(19)22-16;14-10-7-18-6-5-15-12(18)11(17-10)16-9-3-1-8(2-4-9)13(19)20/h2-7,12H,8-11H2,1H3,(H,21,22);1-7H,(H,16,17)(H,19,20). The fourth-order valence-corrected chi connectivity index (χ4v) is 5.62. The van der Waals surface area contributed by atoms with E-state index in [1.807, 2.05) is 56.6 Å². The molecule has 1 fully saturated rings. The number of likely N-dealkylation sites (N-methyl/N-ethyl adjacent to an activating group) is 1. The normalized spacial score (nSPS) is 13.3. The van der Waals surface area contributed by atoms with Crippen molar-refractivity contribution >= 4 is 78.0 Å². The summed E-state index contributed by atoms with van der Waals surface area (Å²) in [6.07, 6.45) is 10.8. The van der Waals surface area contributed by atoms with E-state index in [9.17, 15) is 9.59 Å². The first-order chi connectivity index (χ1) is 22.2. The summed E-state index contributed by atoms with van der Waals surface area (Å²) < 4.78 is 5.12. The molecule has 3 N–H and O–H groups in total. The highest BCUT2D eigenvalue weighted by Crippen LogP contribution is 2.23. The molecule has 0 spiro atoms. The predicted molar refractivity (Wildman–Crippen MR) is 181 cm³/mol. The van der Waals surface area contributed by atoms with Crippen LogP contribution in [0.1, 0.15) is 20.7 Å². The van der Waals surface area contributed by atoms with E-state index in [0.717, 1.165) is 43.2 Å². The summed E-state index contributed by atoms with van der Waals surface area (Å²) in [5.41, 5.74) is 3.97. The van der Waals surface area contributed by atoms with Crippen LogP contribution in [0.2, 0.25) is 0 Å². The van der Waals surface area contributed by atoms with Crippen molar-refractivity contribution in [1.82, 2.24) is 38.5 Å². The number of imidazole rings is 2. The molecule has 0 atom stereocenters. The molecule has 0 unspecified atom stereocenters. The molecule has 0 radical (unpaired) electrons. The lowest BCUT2D eigenvalue weighted by Gasteiger charge is -2.32. The van der Waals surface area contributed by atoms with Gasteiger partial charge < -0.3 is 34.3 Å². The minimum Gasteiger partial charge on any atom is -0.478 e. The first kappa shape index (κ1) is 31.1. The van der Waals surface area contributed by atoms with Gasteiger partial charge in [0.15, 0.2) is 22.9 Å². The molecular formula is C31H28Br2N10O3. The maximum atomic E-state index is 12.6. The number of carboxylic acid groups (broad SMARTS) is 1. The molecule has 15 heteroatoms. The van der Waals surface area contributed by atoms with Crippen LogP contribution in [0.25, 0.3) is 11.3 Å². The number of carboxylic acids is 1. The molecule has 0 aliphatic carbocycles. The number of aromatic nitrogens is 6. The van der Waals surface area contributed by atoms with Crippen LogP contribution < -0.4 is 10.6 Å². The van der Waals surface area contributed by atoms with Crippen molar-refractivity contribution in [2.75, 3.05) is 43.9 Å². The second-order valence-electron chi connectivity index (χ2n) is 10.4. The number of fused-ring (bicyclic) bond motifs is 2. The van der Waals surface area contributed by atoms with Gasteiger partial charge in [0.25, 0.3) is 5.91 Å². The second kappa shape index (κ2) is 13.6. The lowest BCUT2D eigenvalue weighted by atomic mass is 10.1. The number of rotatable bonds is 6. The van der Waals surface area contributed by atoms with E-state index in [1.54, 1.807) is 30.7 Å². The molecule has 1 aliphatic heterocycles. The van der Waals surface area contributed by atoms with Gasteiger partial charge in [0.05, 0.1) is 5.56 Å². The minimum atomic E-state index is -0.951. The van der Waals surface area contributed by atoms with Gasteiger partial charge in [-0.2, -0.15) is 0 Å². The van der Waals surface area contributed by atoms with Crippen LogP contribution >= 0.6 is 31.9 Å². The van der Waals surface area contributed by atoms with Gasteiger partial charge >= 0.3 is 5.97 Å². The molecule has 7 rings (SSSR count). The van der Waals surface area contributed by atoms with E-state index in [1.165, 1.54) is 12.1 Å². The summed E-state index contributed by atoms with van der Waals surface area (Å²) in [5, 5.41) is 15.3. The largest absolute Gasteiger partial charge is 0.478 e. The molecule has 1 aliphatic rings. The van der Waals surface area contributed by atoms with Gasteiger partial charge in [-0.1, -0.05) is 0 Å². The topological polar surface area (TPSA) is 145 Å². The van der Waals surface area contributed by atoms with Crippen LogP contribution in [0.3, 0.4) is 0 Å². The Kier molecular flexibility index (Phi) is 9.23. The zero-order chi connectivity index (χ0) is 32.2. The summed E-state index contributed by atoms with van der Waals surface area (Å²) in [6, 6.07) is 13.9. The van der Waals surface area contributed by atoms with E-state index < -0.39 is 5.97 Å². The van der Waals surface area contributed by atoms with E-state index in [-0.39, 0.29) is 11.5 Å². The lowest BCUT2D eigenvalue weighted by Crippen LogP contribution is -2.47. The van der Waals surface area contributed by atoms with Crippen molar-refractivity contribution in [3.05, 3.63) is 106 Å². The van der Waals surface area contributed by atoms with E-state index in [4.69, 9.17) is 5.11 Å². The molecule has 2 aromatic carbocycles. The third-order valence-electron chi connectivity index (χ3n) is 7.27. The van der Waals surface area contributed by atoms with Crippen molar-refractivity contribution < 1.29 is 14.7 Å². The number of hydrogen-bond acceptors (Lipinski definition) is 9. The first-order valence-electron chi connectivity index (χ1n) is 14.2. The van der Waals surface area contributed by atoms with Gasteiger partial charge in [0.1, 0.15) is 9.21 Å². The van der Waals surface area contributed by atoms with Gasteiger partial charge in [-0.25, -0.2) is 24.7 Å². The molecular weight excluding hydrogens is 720 g/mol. The van der Waals surface area contributed by atoms with Crippen LogP contribution in [-0.2, 0) is 0 Å². The van der Waals surface area contributed by atoms with E-state index in [2.05, 4.69) is 74.4 Å². The molecule has 0 saturated carbocycles. The highest BCUT2D eigenvalue weighted by molar-refractivity contribution is 9.10. The minimum absolute atomic E-state index is 0.0841. The zero-order valence-corrected chi connectivity index (χ0v) is 27.7. The molecule has 0 bridgehead atoms. The predicted octanol–water partition coefficient (Wildman–Crippen LogP) is 5.56. The number of benzene rings is 2. The summed E-state index contributed by atoms with van der Waals surface area (Å²) in [6.45, 7) is 3.38. The van der Waals surface area contributed by atoms with Gasteiger partial charge in [-0.05, 0) is 87.4 Å². The number of carbonyl (C=O) groups excluding carboxylic acids is 1. The molecule has 13 nitrogen and oxygen atoms in total. The van der Waals surface area contributed by atoms with Gasteiger partial charge in [0.2, 0.25) is 0 Å². The van der Waals surface area contributed by atoms with Crippen molar-refractivity contribution in [2.45, 2.75) is 0 Å². The highest BCUT2D eigenvalue weighted by Gasteiger charge is 2.20. The number of piperazine rings is 1. The Bertz CT molecular complexity index is 2000. The van der Waals surface area contributed by atoms with Crippen LogP contribution in [0.4, 0.5) is 23.0 Å². The van der Waals surface area contributed by atoms with Gasteiger partial charge in [-0.15, -0.1) is 0 Å². The van der Waals surface area contributed by atoms with Gasteiger partial charge in [-0.3, -0.25) is 4.79 Å². The molecule has 6 aromatic rings. The average Bonchev–Trinajstić information content (AvgIpc) is 3.72. The smallest absolute Gasteiger partial charge is 0.335 e. The van der Waals surface area contributed by atoms with E-state index >= 15 is 0 Å². The maximum Gasteiger partial charge on any atom is 0.335 e. The number of carbonyl (C=O) groups is 2. The third-order valence-corrected chi connectivity index (χ3v) is 8.03. The third kappa shape index (κ3) is 7.17. The Morgan fingerprint density at radius 3 is 1.63 bits per heavy atom. The van der Waals surface area contributed by atoms with Crippen LogP contribution in [0.5, 0.6) is 0 Å². The average molecular weight is 748 g/mol. The Balaban J connectivity index is 0.000000167. The lowest BCUT2D eigenvalue weighted by molar-refractivity contribution is 0.0662. The molecule has 1 amide bonds. The number of amides is 1. The number of nitrogens with zero attached hydrogens (tertiary/aromatic N) is 8. The summed E-state index contributed by atoms with van der Waals surface area (Å²) >= 11 is 6.74. The van der Waals surface area contributed by atoms with E-state index in [0.29, 0.717) is 32.1 Å². The summed E-state index contributed by atoms with van der Waals surface area (Å²) in [5.74, 6) is 0.378. The first-order valence-corrected chi connectivity index (χ1v) is 15.8. The second-order valence-corrected chi connectivity index (χ2v) is 12.1. The van der Waals surface area contributed by atoms with Crippen LogP contribution in [0, 0.1) is 0 Å². The van der Waals surface area contributed by atoms with Crippen molar-refractivity contribution in [3.8, 4) is 0 Å². The molecule has 46 heavy (non-hydrogen) atoms. The molecule has 5 heterocycles. The Labute approximate surface area is 280 Å². The number of aromatic carboxylic acids is 1. The monoisotopic (exact) mass is 746 g/mol. The summed E-state index contributed by atoms with van der Waals surface area (Å²) in [4.78, 5) is 44.9. The Morgan fingerprint density at radius 1 is 0.717 bits per heavy atom. The van der Waals surface area contributed by atoms with Crippen LogP contribution in [-0.4, -0.2) is 88.7 Å². The quantitative estimate of drug-likeness (QED) is 0.198. The Morgan fingerprint density at radius 2 is 1.17 bits per heavy atom. The fraction of sp³-hybridized carbons (Fsp3) is 0.161. The summed E-state index contributed by atoms with van der Waals surface area (Å²) in [7, 11) is 2.08. The maximum absolute atomic E-state index is 12.6.